The first-order chi connectivity index (χ1) is 12.2. The summed E-state index contributed by atoms with van der Waals surface area (Å²) in [6, 6.07) is 26.8. The quantitative estimate of drug-likeness (QED) is 0.544. The van der Waals surface area contributed by atoms with E-state index in [0.29, 0.717) is 16.9 Å². The summed E-state index contributed by atoms with van der Waals surface area (Å²) in [5.41, 5.74) is 1.34. The summed E-state index contributed by atoms with van der Waals surface area (Å²) in [5, 5.41) is 10.7. The molecule has 3 aromatic carbocycles. The second kappa shape index (κ2) is 8.13. The molecule has 0 fully saturated rings. The normalized spacial score (nSPS) is 12.8. The lowest BCUT2D eigenvalue weighted by atomic mass is 9.98. The molecule has 0 aliphatic carbocycles. The zero-order valence-corrected chi connectivity index (χ0v) is 13.5. The van der Waals surface area contributed by atoms with Gasteiger partial charge in [0.25, 0.3) is 0 Å². The molecule has 3 rings (SSSR count). The van der Waals surface area contributed by atoms with Crippen molar-refractivity contribution in [2.45, 2.75) is 12.2 Å². The average Bonchev–Trinajstić information content (AvgIpc) is 2.68. The highest BCUT2D eigenvalue weighted by Crippen LogP contribution is 2.32. The summed E-state index contributed by atoms with van der Waals surface area (Å²) < 4.78 is 10.6. The van der Waals surface area contributed by atoms with E-state index in [1.807, 2.05) is 42.5 Å². The number of para-hydroxylation sites is 1. The van der Waals surface area contributed by atoms with Crippen molar-refractivity contribution in [3.63, 3.8) is 0 Å². The predicted molar refractivity (Wildman–Crippen MR) is 94.1 cm³/mol. The molecule has 4 nitrogen and oxygen atoms in total. The summed E-state index contributed by atoms with van der Waals surface area (Å²) in [7, 11) is 0. The first-order valence-electron chi connectivity index (χ1n) is 7.95. The van der Waals surface area contributed by atoms with E-state index in [-0.39, 0.29) is 0 Å². The van der Waals surface area contributed by atoms with Crippen LogP contribution in [0.4, 0.5) is 4.79 Å². The Bertz CT molecular complexity index is 788. The topological polar surface area (TPSA) is 55.8 Å². The van der Waals surface area contributed by atoms with Crippen molar-refractivity contribution >= 4 is 6.16 Å². The molecule has 0 aliphatic heterocycles. The second-order valence-electron chi connectivity index (χ2n) is 5.47. The summed E-state index contributed by atoms with van der Waals surface area (Å²) in [4.78, 5) is 12.2. The van der Waals surface area contributed by atoms with Crippen LogP contribution >= 0.6 is 0 Å². The third-order valence-corrected chi connectivity index (χ3v) is 3.72. The Morgan fingerprint density at radius 2 is 1.20 bits per heavy atom. The van der Waals surface area contributed by atoms with E-state index in [1.54, 1.807) is 48.5 Å². The van der Waals surface area contributed by atoms with Gasteiger partial charge in [0.05, 0.1) is 0 Å². The van der Waals surface area contributed by atoms with Crippen molar-refractivity contribution in [1.29, 1.82) is 0 Å². The molecule has 0 amide bonds. The molecule has 2 atom stereocenters. The minimum absolute atomic E-state index is 0.383. The number of hydrogen-bond donors (Lipinski definition) is 1. The van der Waals surface area contributed by atoms with Crippen molar-refractivity contribution in [2.75, 3.05) is 0 Å². The molecule has 126 valence electrons. The van der Waals surface area contributed by atoms with Gasteiger partial charge in [-0.3, -0.25) is 0 Å². The number of ether oxygens (including phenoxy) is 2. The summed E-state index contributed by atoms with van der Waals surface area (Å²) in [6.45, 7) is 0. The predicted octanol–water partition coefficient (Wildman–Crippen LogP) is 4.68. The Hall–Kier alpha value is -3.11. The largest absolute Gasteiger partial charge is 0.514 e. The lowest BCUT2D eigenvalue weighted by Crippen LogP contribution is -2.20. The fourth-order valence-electron chi connectivity index (χ4n) is 2.49. The SMILES string of the molecule is O=C(Oc1ccccc1)OC(c1ccccc1)C(O)c1ccccc1. The fourth-order valence-corrected chi connectivity index (χ4v) is 2.49. The van der Waals surface area contributed by atoms with E-state index in [4.69, 9.17) is 9.47 Å². The van der Waals surface area contributed by atoms with Gasteiger partial charge in [-0.15, -0.1) is 0 Å². The number of carbonyl (C=O) groups is 1. The van der Waals surface area contributed by atoms with E-state index < -0.39 is 18.4 Å². The molecule has 0 saturated heterocycles. The van der Waals surface area contributed by atoms with Gasteiger partial charge in [-0.05, 0) is 23.3 Å². The molecule has 1 N–H and O–H groups in total. The number of benzene rings is 3. The Labute approximate surface area is 146 Å². The molecule has 0 saturated carbocycles. The number of carbonyl (C=O) groups excluding carboxylic acids is 1. The standard InChI is InChI=1S/C21H18O4/c22-19(16-10-4-1-5-11-16)20(17-12-6-2-7-13-17)25-21(23)24-18-14-8-3-9-15-18/h1-15,19-20,22H. The second-order valence-corrected chi connectivity index (χ2v) is 5.47. The van der Waals surface area contributed by atoms with Crippen LogP contribution in [0, 0.1) is 0 Å². The molecule has 0 radical (unpaired) electrons. The Kier molecular flexibility index (Phi) is 5.44. The first kappa shape index (κ1) is 16.7. The molecule has 4 heteroatoms. The molecule has 0 aliphatic rings. The molecular weight excluding hydrogens is 316 g/mol. The van der Waals surface area contributed by atoms with Crippen LogP contribution in [-0.4, -0.2) is 11.3 Å². The summed E-state index contributed by atoms with van der Waals surface area (Å²) in [6.07, 6.45) is -2.75. The van der Waals surface area contributed by atoms with Crippen LogP contribution in [0.15, 0.2) is 91.0 Å². The van der Waals surface area contributed by atoms with Gasteiger partial charge in [0.2, 0.25) is 0 Å². The first-order valence-corrected chi connectivity index (χ1v) is 7.95. The maximum Gasteiger partial charge on any atom is 0.514 e. The van der Waals surface area contributed by atoms with Gasteiger partial charge < -0.3 is 14.6 Å². The molecule has 0 aromatic heterocycles. The Morgan fingerprint density at radius 1 is 0.720 bits per heavy atom. The van der Waals surface area contributed by atoms with Crippen LogP contribution in [0.3, 0.4) is 0 Å². The highest BCUT2D eigenvalue weighted by molar-refractivity contribution is 5.64. The monoisotopic (exact) mass is 334 g/mol. The number of aliphatic hydroxyl groups excluding tert-OH is 1. The molecule has 3 aromatic rings. The van der Waals surface area contributed by atoms with E-state index in [9.17, 15) is 9.90 Å². The minimum atomic E-state index is -1.01. The van der Waals surface area contributed by atoms with Gasteiger partial charge in [0.1, 0.15) is 11.9 Å². The van der Waals surface area contributed by atoms with Gasteiger partial charge in [-0.25, -0.2) is 4.79 Å². The van der Waals surface area contributed by atoms with Crippen molar-refractivity contribution < 1.29 is 19.4 Å². The zero-order chi connectivity index (χ0) is 17.5. The van der Waals surface area contributed by atoms with Crippen LogP contribution in [0.25, 0.3) is 0 Å². The smallest absolute Gasteiger partial charge is 0.423 e. The van der Waals surface area contributed by atoms with Crippen LogP contribution < -0.4 is 4.74 Å². The lowest BCUT2D eigenvalue weighted by molar-refractivity contribution is -0.0180. The van der Waals surface area contributed by atoms with Gasteiger partial charge in [0, 0.05) is 0 Å². The maximum atomic E-state index is 12.2. The van der Waals surface area contributed by atoms with E-state index in [1.165, 1.54) is 0 Å². The van der Waals surface area contributed by atoms with E-state index in [0.717, 1.165) is 0 Å². The van der Waals surface area contributed by atoms with Crippen LogP contribution in [0.5, 0.6) is 5.75 Å². The molecule has 25 heavy (non-hydrogen) atoms. The van der Waals surface area contributed by atoms with Gasteiger partial charge in [-0.2, -0.15) is 0 Å². The number of rotatable bonds is 5. The highest BCUT2D eigenvalue weighted by Gasteiger charge is 2.27. The number of aliphatic hydroxyl groups is 1. The molecule has 0 heterocycles. The van der Waals surface area contributed by atoms with Crippen molar-refractivity contribution in [3.05, 3.63) is 102 Å². The molecule has 2 unspecified atom stereocenters. The van der Waals surface area contributed by atoms with Gasteiger partial charge in [-0.1, -0.05) is 78.9 Å². The Morgan fingerprint density at radius 3 is 1.76 bits per heavy atom. The van der Waals surface area contributed by atoms with Crippen molar-refractivity contribution in [1.82, 2.24) is 0 Å². The Balaban J connectivity index is 1.80. The number of hydrogen-bond acceptors (Lipinski definition) is 4. The maximum absolute atomic E-state index is 12.2. The molecule has 0 bridgehead atoms. The third kappa shape index (κ3) is 4.46. The minimum Gasteiger partial charge on any atom is -0.423 e. The lowest BCUT2D eigenvalue weighted by Gasteiger charge is -2.23. The average molecular weight is 334 g/mol. The van der Waals surface area contributed by atoms with Crippen molar-refractivity contribution in [2.24, 2.45) is 0 Å². The fraction of sp³-hybridized carbons (Fsp3) is 0.0952. The summed E-state index contributed by atoms with van der Waals surface area (Å²) >= 11 is 0. The van der Waals surface area contributed by atoms with E-state index >= 15 is 0 Å². The van der Waals surface area contributed by atoms with E-state index in [2.05, 4.69) is 0 Å². The van der Waals surface area contributed by atoms with Crippen molar-refractivity contribution in [3.8, 4) is 5.75 Å². The third-order valence-electron chi connectivity index (χ3n) is 3.72. The molecule has 0 spiro atoms. The summed E-state index contributed by atoms with van der Waals surface area (Å²) in [5.74, 6) is 0.383. The van der Waals surface area contributed by atoms with Crippen LogP contribution in [-0.2, 0) is 4.74 Å². The zero-order valence-electron chi connectivity index (χ0n) is 13.5. The van der Waals surface area contributed by atoms with Crippen LogP contribution in [0.1, 0.15) is 23.3 Å². The molecular formula is C21H18O4. The van der Waals surface area contributed by atoms with Gasteiger partial charge in [0.15, 0.2) is 6.10 Å². The van der Waals surface area contributed by atoms with Gasteiger partial charge >= 0.3 is 6.16 Å². The highest BCUT2D eigenvalue weighted by atomic mass is 16.7. The van der Waals surface area contributed by atoms with Crippen LogP contribution in [0.2, 0.25) is 0 Å².